The molecule has 1 rings (SSSR count). The van der Waals surface area contributed by atoms with Gasteiger partial charge in [-0.1, -0.05) is 6.08 Å². The standard InChI is InChI=1S/C11H18N2O4S/c1-2-3-7-16-8-6-13-9-10-4-5-11(17-10)18(12,14)15/h2,4-5,13H,1,3,6-9H2,(H2,12,14,15). The van der Waals surface area contributed by atoms with Crippen LogP contribution in [0.2, 0.25) is 0 Å². The van der Waals surface area contributed by atoms with E-state index >= 15 is 0 Å². The molecule has 0 aliphatic carbocycles. The number of rotatable bonds is 9. The van der Waals surface area contributed by atoms with Crippen LogP contribution in [0.15, 0.2) is 34.3 Å². The van der Waals surface area contributed by atoms with E-state index in [2.05, 4.69) is 11.9 Å². The van der Waals surface area contributed by atoms with E-state index in [1.807, 2.05) is 0 Å². The molecule has 7 heteroatoms. The molecule has 3 N–H and O–H groups in total. The van der Waals surface area contributed by atoms with Gasteiger partial charge in [0.2, 0.25) is 5.09 Å². The minimum absolute atomic E-state index is 0.221. The molecule has 0 fully saturated rings. The predicted molar refractivity (Wildman–Crippen MR) is 67.4 cm³/mol. The summed E-state index contributed by atoms with van der Waals surface area (Å²) >= 11 is 0. The van der Waals surface area contributed by atoms with Crippen LogP contribution >= 0.6 is 0 Å². The Bertz CT molecular complexity index is 467. The lowest BCUT2D eigenvalue weighted by Gasteiger charge is -2.03. The Balaban J connectivity index is 2.20. The monoisotopic (exact) mass is 274 g/mol. The number of hydrogen-bond donors (Lipinski definition) is 2. The molecule has 0 aliphatic rings. The fourth-order valence-corrected chi connectivity index (χ4v) is 1.71. The third-order valence-corrected chi connectivity index (χ3v) is 2.89. The van der Waals surface area contributed by atoms with E-state index in [1.54, 1.807) is 12.1 Å². The second-order valence-corrected chi connectivity index (χ2v) is 5.12. The Morgan fingerprint density at radius 1 is 1.44 bits per heavy atom. The van der Waals surface area contributed by atoms with Gasteiger partial charge in [0.05, 0.1) is 19.8 Å². The Labute approximate surface area is 107 Å². The van der Waals surface area contributed by atoms with Crippen LogP contribution in [0.3, 0.4) is 0 Å². The summed E-state index contributed by atoms with van der Waals surface area (Å²) in [5.41, 5.74) is 0. The van der Waals surface area contributed by atoms with Crippen molar-refractivity contribution in [2.24, 2.45) is 5.14 Å². The molecule has 1 heterocycles. The Hall–Kier alpha value is -1.15. The number of hydrogen-bond acceptors (Lipinski definition) is 5. The van der Waals surface area contributed by atoms with Crippen molar-refractivity contribution in [1.82, 2.24) is 5.32 Å². The van der Waals surface area contributed by atoms with Crippen molar-refractivity contribution in [3.63, 3.8) is 0 Å². The zero-order chi connectivity index (χ0) is 13.4. The van der Waals surface area contributed by atoms with Crippen molar-refractivity contribution in [3.8, 4) is 0 Å². The first-order valence-corrected chi connectivity index (χ1v) is 7.09. The zero-order valence-corrected chi connectivity index (χ0v) is 10.9. The second-order valence-electron chi connectivity index (χ2n) is 3.63. The molecule has 18 heavy (non-hydrogen) atoms. The molecule has 1 aromatic heterocycles. The van der Waals surface area contributed by atoms with Crippen LogP contribution in [0.25, 0.3) is 0 Å². The molecule has 0 unspecified atom stereocenters. The lowest BCUT2D eigenvalue weighted by atomic mass is 10.4. The van der Waals surface area contributed by atoms with E-state index in [0.717, 1.165) is 6.42 Å². The Morgan fingerprint density at radius 2 is 2.22 bits per heavy atom. The van der Waals surface area contributed by atoms with Crippen LogP contribution in [0.4, 0.5) is 0 Å². The van der Waals surface area contributed by atoms with Gasteiger partial charge in [-0.15, -0.1) is 6.58 Å². The molecule has 0 amide bonds. The summed E-state index contributed by atoms with van der Waals surface area (Å²) < 4.78 is 32.3. The van der Waals surface area contributed by atoms with Gasteiger partial charge in [0.25, 0.3) is 10.0 Å². The summed E-state index contributed by atoms with van der Waals surface area (Å²) in [7, 11) is -3.76. The van der Waals surface area contributed by atoms with Gasteiger partial charge in [0.1, 0.15) is 5.76 Å². The van der Waals surface area contributed by atoms with Gasteiger partial charge in [-0.25, -0.2) is 13.6 Å². The van der Waals surface area contributed by atoms with Crippen LogP contribution in [0.5, 0.6) is 0 Å². The molecular weight excluding hydrogens is 256 g/mol. The maximum Gasteiger partial charge on any atom is 0.271 e. The number of furan rings is 1. The van der Waals surface area contributed by atoms with Crippen molar-refractivity contribution in [1.29, 1.82) is 0 Å². The molecule has 6 nitrogen and oxygen atoms in total. The van der Waals surface area contributed by atoms with E-state index in [4.69, 9.17) is 14.3 Å². The molecule has 0 saturated heterocycles. The van der Waals surface area contributed by atoms with Gasteiger partial charge in [-0.2, -0.15) is 0 Å². The first-order chi connectivity index (χ1) is 8.54. The van der Waals surface area contributed by atoms with Gasteiger partial charge in [-0.05, 0) is 18.6 Å². The molecule has 1 aromatic rings. The number of sulfonamides is 1. The highest BCUT2D eigenvalue weighted by atomic mass is 32.2. The van der Waals surface area contributed by atoms with Crippen molar-refractivity contribution >= 4 is 10.0 Å². The van der Waals surface area contributed by atoms with Crippen LogP contribution in [-0.4, -0.2) is 28.2 Å². The number of nitrogens with one attached hydrogen (secondary N) is 1. The smallest absolute Gasteiger partial charge is 0.271 e. The summed E-state index contributed by atoms with van der Waals surface area (Å²) in [5.74, 6) is 0.519. The van der Waals surface area contributed by atoms with E-state index in [-0.39, 0.29) is 5.09 Å². The molecule has 0 spiro atoms. The lowest BCUT2D eigenvalue weighted by molar-refractivity contribution is 0.140. The quantitative estimate of drug-likeness (QED) is 0.508. The molecule has 0 bridgehead atoms. The summed E-state index contributed by atoms with van der Waals surface area (Å²) in [6.07, 6.45) is 2.63. The van der Waals surface area contributed by atoms with Gasteiger partial charge in [-0.3, -0.25) is 0 Å². The van der Waals surface area contributed by atoms with Crippen molar-refractivity contribution < 1.29 is 17.6 Å². The minimum atomic E-state index is -3.76. The fourth-order valence-electron chi connectivity index (χ4n) is 1.23. The first-order valence-electron chi connectivity index (χ1n) is 5.55. The number of ether oxygens (including phenoxy) is 1. The summed E-state index contributed by atoms with van der Waals surface area (Å²) in [5, 5.41) is 7.77. The number of primary sulfonamides is 1. The minimum Gasteiger partial charge on any atom is -0.447 e. The van der Waals surface area contributed by atoms with E-state index in [9.17, 15) is 8.42 Å². The zero-order valence-electron chi connectivity index (χ0n) is 10.1. The molecular formula is C11H18N2O4S. The summed E-state index contributed by atoms with van der Waals surface area (Å²) in [6.45, 7) is 5.91. The van der Waals surface area contributed by atoms with Crippen LogP contribution in [0.1, 0.15) is 12.2 Å². The molecule has 102 valence electrons. The molecule has 0 atom stereocenters. The third-order valence-electron chi connectivity index (χ3n) is 2.11. The average Bonchev–Trinajstić information content (AvgIpc) is 2.76. The van der Waals surface area contributed by atoms with Crippen molar-refractivity contribution in [2.45, 2.75) is 18.1 Å². The average molecular weight is 274 g/mol. The van der Waals surface area contributed by atoms with Gasteiger partial charge >= 0.3 is 0 Å². The van der Waals surface area contributed by atoms with E-state index in [0.29, 0.717) is 32.1 Å². The first kappa shape index (κ1) is 14.9. The van der Waals surface area contributed by atoms with E-state index in [1.165, 1.54) is 6.07 Å². The Morgan fingerprint density at radius 3 is 2.83 bits per heavy atom. The maximum absolute atomic E-state index is 11.0. The van der Waals surface area contributed by atoms with Crippen LogP contribution in [-0.2, 0) is 21.3 Å². The normalized spacial score (nSPS) is 11.6. The lowest BCUT2D eigenvalue weighted by Crippen LogP contribution is -2.19. The SMILES string of the molecule is C=CCCOCCNCc1ccc(S(N)(=O)=O)o1. The molecule has 0 saturated carbocycles. The second kappa shape index (κ2) is 7.32. The summed E-state index contributed by atoms with van der Waals surface area (Å²) in [6, 6.07) is 2.91. The Kier molecular flexibility index (Phi) is 6.06. The topological polar surface area (TPSA) is 94.6 Å². The van der Waals surface area contributed by atoms with Gasteiger partial charge in [0.15, 0.2) is 0 Å². The van der Waals surface area contributed by atoms with Gasteiger partial charge in [0, 0.05) is 6.54 Å². The van der Waals surface area contributed by atoms with Crippen molar-refractivity contribution in [2.75, 3.05) is 19.8 Å². The predicted octanol–water partition coefficient (Wildman–Crippen LogP) is 0.609. The molecule has 0 aliphatic heterocycles. The summed E-state index contributed by atoms with van der Waals surface area (Å²) in [4.78, 5) is 0. The van der Waals surface area contributed by atoms with Gasteiger partial charge < -0.3 is 14.5 Å². The van der Waals surface area contributed by atoms with E-state index < -0.39 is 10.0 Å². The largest absolute Gasteiger partial charge is 0.447 e. The van der Waals surface area contributed by atoms with Crippen LogP contribution in [0, 0.1) is 0 Å². The molecule has 0 aromatic carbocycles. The maximum atomic E-state index is 11.0. The number of nitrogens with two attached hydrogens (primary N) is 1. The highest BCUT2D eigenvalue weighted by Crippen LogP contribution is 2.11. The fraction of sp³-hybridized carbons (Fsp3) is 0.455. The van der Waals surface area contributed by atoms with Crippen molar-refractivity contribution in [3.05, 3.63) is 30.5 Å². The highest BCUT2D eigenvalue weighted by Gasteiger charge is 2.12. The third kappa shape index (κ3) is 5.46. The molecule has 0 radical (unpaired) electrons. The van der Waals surface area contributed by atoms with Crippen LogP contribution < -0.4 is 10.5 Å². The highest BCUT2D eigenvalue weighted by molar-refractivity contribution is 7.89.